The molecule has 0 unspecified atom stereocenters. The van der Waals surface area contributed by atoms with Crippen LogP contribution in [-0.2, 0) is 16.1 Å². The van der Waals surface area contributed by atoms with Crippen LogP contribution in [0.25, 0.3) is 17.0 Å². The van der Waals surface area contributed by atoms with Gasteiger partial charge < -0.3 is 18.6 Å². The highest BCUT2D eigenvalue weighted by Gasteiger charge is 2.10. The van der Waals surface area contributed by atoms with Crippen molar-refractivity contribution >= 4 is 23.0 Å². The number of carbonyl (C=O) groups is 1. The number of esters is 1. The van der Waals surface area contributed by atoms with Gasteiger partial charge in [0.2, 0.25) is 0 Å². The van der Waals surface area contributed by atoms with Crippen LogP contribution in [0, 0.1) is 25.2 Å². The first kappa shape index (κ1) is 21.7. The summed E-state index contributed by atoms with van der Waals surface area (Å²) < 4.78 is 21.1. The fourth-order valence-electron chi connectivity index (χ4n) is 2.98. The molecular weight excluding hydrogens is 398 g/mol. The second-order valence-electron chi connectivity index (χ2n) is 6.82. The lowest BCUT2D eigenvalue weighted by atomic mass is 10.0. The van der Waals surface area contributed by atoms with Crippen molar-refractivity contribution in [1.29, 1.82) is 5.26 Å². The molecule has 7 nitrogen and oxygen atoms in total. The first-order valence-electron chi connectivity index (χ1n) is 9.48. The highest BCUT2D eigenvalue weighted by atomic mass is 16.5. The summed E-state index contributed by atoms with van der Waals surface area (Å²) in [6, 6.07) is 12.0. The van der Waals surface area contributed by atoms with E-state index < -0.39 is 11.6 Å². The van der Waals surface area contributed by atoms with Crippen LogP contribution in [0.3, 0.4) is 0 Å². The van der Waals surface area contributed by atoms with Crippen molar-refractivity contribution in [2.24, 2.45) is 0 Å². The number of ether oxygens (including phenoxy) is 3. The van der Waals surface area contributed by atoms with Crippen molar-refractivity contribution < 1.29 is 23.4 Å². The minimum atomic E-state index is -0.561. The van der Waals surface area contributed by atoms with Gasteiger partial charge in [-0.05, 0) is 60.9 Å². The Morgan fingerprint density at radius 2 is 1.90 bits per heavy atom. The molecule has 0 aliphatic rings. The summed E-state index contributed by atoms with van der Waals surface area (Å²) in [4.78, 5) is 24.0. The lowest BCUT2D eigenvalue weighted by Gasteiger charge is -2.09. The molecule has 1 heterocycles. The van der Waals surface area contributed by atoms with Gasteiger partial charge in [0.25, 0.3) is 0 Å². The zero-order valence-electron chi connectivity index (χ0n) is 17.4. The molecule has 1 aromatic heterocycles. The standard InChI is InChI=1S/C24H21NO6/c1-15-10-19-18(13-24(27)31-21(19)11-16(15)2)14-30-23(26)7-5-17-4-6-20(29-9-8-25)22(12-17)28-3/h4-7,10-13H,9,14H2,1-3H3/b7-5+. The fraction of sp³-hybridized carbons (Fsp3) is 0.208. The van der Waals surface area contributed by atoms with E-state index in [1.807, 2.05) is 26.0 Å². The summed E-state index contributed by atoms with van der Waals surface area (Å²) >= 11 is 0. The predicted octanol–water partition coefficient (Wildman–Crippen LogP) is 4.08. The number of hydrogen-bond donors (Lipinski definition) is 0. The number of benzene rings is 2. The first-order valence-corrected chi connectivity index (χ1v) is 9.48. The summed E-state index contributed by atoms with van der Waals surface area (Å²) in [7, 11) is 1.49. The Hall–Kier alpha value is -4.05. The van der Waals surface area contributed by atoms with Crippen LogP contribution in [0.15, 0.2) is 51.7 Å². The third-order valence-electron chi connectivity index (χ3n) is 4.71. The maximum Gasteiger partial charge on any atom is 0.336 e. The number of fused-ring (bicyclic) bond motifs is 1. The van der Waals surface area contributed by atoms with Crippen LogP contribution in [0.4, 0.5) is 0 Å². The summed E-state index contributed by atoms with van der Waals surface area (Å²) in [6.07, 6.45) is 2.86. The SMILES string of the molecule is COc1cc(/C=C/C(=O)OCc2cc(=O)oc3cc(C)c(C)cc23)ccc1OCC#N. The van der Waals surface area contributed by atoms with Gasteiger partial charge in [0.1, 0.15) is 18.3 Å². The van der Waals surface area contributed by atoms with E-state index in [9.17, 15) is 9.59 Å². The smallest absolute Gasteiger partial charge is 0.336 e. The van der Waals surface area contributed by atoms with Gasteiger partial charge in [0, 0.05) is 23.1 Å². The van der Waals surface area contributed by atoms with Gasteiger partial charge >= 0.3 is 11.6 Å². The number of carbonyl (C=O) groups excluding carboxylic acids is 1. The molecule has 0 bridgehead atoms. The Balaban J connectivity index is 1.72. The van der Waals surface area contributed by atoms with Gasteiger partial charge in [0.15, 0.2) is 18.1 Å². The summed E-state index contributed by atoms with van der Waals surface area (Å²) in [5.41, 5.74) is 3.29. The van der Waals surface area contributed by atoms with E-state index in [4.69, 9.17) is 23.9 Å². The maximum atomic E-state index is 12.2. The molecule has 2 aromatic carbocycles. The normalized spacial score (nSPS) is 10.8. The Bertz CT molecular complexity index is 1250. The molecule has 0 fully saturated rings. The molecule has 3 rings (SSSR count). The van der Waals surface area contributed by atoms with Crippen LogP contribution < -0.4 is 15.1 Å². The van der Waals surface area contributed by atoms with Gasteiger partial charge in [-0.25, -0.2) is 9.59 Å². The van der Waals surface area contributed by atoms with Gasteiger partial charge in [0.05, 0.1) is 7.11 Å². The lowest BCUT2D eigenvalue weighted by molar-refractivity contribution is -0.138. The molecule has 0 aliphatic heterocycles. The van der Waals surface area contributed by atoms with Crippen molar-refractivity contribution in [3.8, 4) is 17.6 Å². The van der Waals surface area contributed by atoms with Crippen molar-refractivity contribution in [1.82, 2.24) is 0 Å². The van der Waals surface area contributed by atoms with Crippen LogP contribution in [0.2, 0.25) is 0 Å². The van der Waals surface area contributed by atoms with Gasteiger partial charge in [-0.1, -0.05) is 6.07 Å². The quantitative estimate of drug-likeness (QED) is 0.323. The molecule has 0 aliphatic carbocycles. The number of aryl methyl sites for hydroxylation is 2. The minimum Gasteiger partial charge on any atom is -0.493 e. The van der Waals surface area contributed by atoms with Crippen LogP contribution in [0.5, 0.6) is 11.5 Å². The largest absolute Gasteiger partial charge is 0.493 e. The van der Waals surface area contributed by atoms with Crippen LogP contribution in [-0.4, -0.2) is 19.7 Å². The van der Waals surface area contributed by atoms with E-state index in [0.29, 0.717) is 28.2 Å². The molecule has 0 N–H and O–H groups in total. The minimum absolute atomic E-state index is 0.0575. The molecular formula is C24H21NO6. The van der Waals surface area contributed by atoms with Crippen molar-refractivity contribution in [2.45, 2.75) is 20.5 Å². The molecule has 3 aromatic rings. The highest BCUT2D eigenvalue weighted by molar-refractivity contribution is 5.87. The van der Waals surface area contributed by atoms with Gasteiger partial charge in [-0.2, -0.15) is 5.26 Å². The van der Waals surface area contributed by atoms with E-state index >= 15 is 0 Å². The Morgan fingerprint density at radius 1 is 1.13 bits per heavy atom. The van der Waals surface area contributed by atoms with Crippen LogP contribution >= 0.6 is 0 Å². The van der Waals surface area contributed by atoms with Crippen LogP contribution in [0.1, 0.15) is 22.3 Å². The summed E-state index contributed by atoms with van der Waals surface area (Å²) in [5, 5.41) is 9.36. The third kappa shape index (κ3) is 5.31. The molecule has 0 spiro atoms. The second kappa shape index (κ2) is 9.63. The fourth-order valence-corrected chi connectivity index (χ4v) is 2.98. The van der Waals surface area contributed by atoms with E-state index in [0.717, 1.165) is 16.5 Å². The molecule has 31 heavy (non-hydrogen) atoms. The van der Waals surface area contributed by atoms with E-state index in [-0.39, 0.29) is 13.2 Å². The number of hydrogen-bond acceptors (Lipinski definition) is 7. The van der Waals surface area contributed by atoms with E-state index in [2.05, 4.69) is 0 Å². The summed E-state index contributed by atoms with van der Waals surface area (Å²) in [5.74, 6) is 0.317. The molecule has 0 saturated heterocycles. The van der Waals surface area contributed by atoms with Gasteiger partial charge in [-0.15, -0.1) is 0 Å². The zero-order chi connectivity index (χ0) is 22.4. The van der Waals surface area contributed by atoms with Crippen molar-refractivity contribution in [3.63, 3.8) is 0 Å². The average molecular weight is 419 g/mol. The first-order chi connectivity index (χ1) is 14.9. The number of nitriles is 1. The lowest BCUT2D eigenvalue weighted by Crippen LogP contribution is -2.06. The highest BCUT2D eigenvalue weighted by Crippen LogP contribution is 2.28. The molecule has 0 atom stereocenters. The molecule has 0 amide bonds. The third-order valence-corrected chi connectivity index (χ3v) is 4.71. The second-order valence-corrected chi connectivity index (χ2v) is 6.82. The number of nitrogens with zero attached hydrogens (tertiary/aromatic N) is 1. The molecule has 0 saturated carbocycles. The van der Waals surface area contributed by atoms with E-state index in [1.165, 1.54) is 19.3 Å². The Kier molecular flexibility index (Phi) is 6.73. The van der Waals surface area contributed by atoms with Gasteiger partial charge in [-0.3, -0.25) is 0 Å². The van der Waals surface area contributed by atoms with E-state index in [1.54, 1.807) is 30.3 Å². The number of rotatable bonds is 7. The maximum absolute atomic E-state index is 12.2. The topological polar surface area (TPSA) is 98.8 Å². The van der Waals surface area contributed by atoms with Crippen molar-refractivity contribution in [2.75, 3.05) is 13.7 Å². The summed E-state index contributed by atoms with van der Waals surface area (Å²) in [6.45, 7) is 3.74. The number of methoxy groups -OCH3 is 1. The Labute approximate surface area is 179 Å². The molecule has 0 radical (unpaired) electrons. The zero-order valence-corrected chi connectivity index (χ0v) is 17.4. The predicted molar refractivity (Wildman–Crippen MR) is 115 cm³/mol. The molecule has 7 heteroatoms. The van der Waals surface area contributed by atoms with Crippen molar-refractivity contribution in [3.05, 3.63) is 75.1 Å². The monoisotopic (exact) mass is 419 g/mol. The Morgan fingerprint density at radius 3 is 2.65 bits per heavy atom. The molecule has 158 valence electrons. The average Bonchev–Trinajstić information content (AvgIpc) is 2.76.